The predicted octanol–water partition coefficient (Wildman–Crippen LogP) is 6.60. The lowest BCUT2D eigenvalue weighted by Gasteiger charge is -2.11. The number of hydrogen-bond acceptors (Lipinski definition) is 7. The molecule has 1 amide bonds. The number of halogens is 1. The zero-order valence-electron chi connectivity index (χ0n) is 21.8. The van der Waals surface area contributed by atoms with Crippen molar-refractivity contribution in [3.8, 4) is 45.5 Å². The summed E-state index contributed by atoms with van der Waals surface area (Å²) in [6, 6.07) is 21.7. The molecule has 0 unspecified atom stereocenters. The molecular weight excluding hydrogens is 533 g/mol. The van der Waals surface area contributed by atoms with Gasteiger partial charge in [0.2, 0.25) is 5.88 Å². The Morgan fingerprint density at radius 3 is 2.30 bits per heavy atom. The number of thiophene rings is 1. The molecule has 40 heavy (non-hydrogen) atoms. The summed E-state index contributed by atoms with van der Waals surface area (Å²) in [6.45, 7) is 1.28. The third kappa shape index (κ3) is 5.43. The molecule has 0 fully saturated rings. The molecule has 202 valence electrons. The Balaban J connectivity index is 1.67. The van der Waals surface area contributed by atoms with Gasteiger partial charge in [0, 0.05) is 18.2 Å². The minimum Gasteiger partial charge on any atom is -0.493 e. The van der Waals surface area contributed by atoms with Gasteiger partial charge < -0.3 is 19.5 Å². The molecule has 5 aromatic rings. The van der Waals surface area contributed by atoms with Crippen LogP contribution in [0.5, 0.6) is 17.4 Å². The van der Waals surface area contributed by atoms with Crippen molar-refractivity contribution in [2.75, 3.05) is 19.5 Å². The number of nitrogens with zero attached hydrogens (tertiary/aromatic N) is 2. The molecule has 5 rings (SSSR count). The van der Waals surface area contributed by atoms with Crippen molar-refractivity contribution in [1.29, 1.82) is 0 Å². The molecule has 0 saturated heterocycles. The Hall–Kier alpha value is -4.96. The first-order valence-electron chi connectivity index (χ1n) is 12.1. The molecule has 0 aliphatic heterocycles. The second-order valence-electron chi connectivity index (χ2n) is 8.59. The molecule has 2 heterocycles. The molecule has 0 radical (unpaired) electrons. The minimum absolute atomic E-state index is 0.109. The maximum absolute atomic E-state index is 14.2. The van der Waals surface area contributed by atoms with Gasteiger partial charge in [-0.2, -0.15) is 9.78 Å². The summed E-state index contributed by atoms with van der Waals surface area (Å²) in [5.41, 5.74) is 3.19. The largest absolute Gasteiger partial charge is 0.493 e. The van der Waals surface area contributed by atoms with E-state index in [9.17, 15) is 14.0 Å². The smallest absolute Gasteiger partial charge is 0.309 e. The number of esters is 1. The minimum atomic E-state index is -0.572. The van der Waals surface area contributed by atoms with Gasteiger partial charge >= 0.3 is 5.97 Å². The second kappa shape index (κ2) is 11.4. The van der Waals surface area contributed by atoms with Crippen LogP contribution in [-0.2, 0) is 4.79 Å². The van der Waals surface area contributed by atoms with E-state index in [0.29, 0.717) is 50.1 Å². The van der Waals surface area contributed by atoms with Crippen LogP contribution in [0.25, 0.3) is 28.1 Å². The predicted molar refractivity (Wildman–Crippen MR) is 151 cm³/mol. The summed E-state index contributed by atoms with van der Waals surface area (Å²) in [4.78, 5) is 25.4. The van der Waals surface area contributed by atoms with Gasteiger partial charge in [-0.25, -0.2) is 4.39 Å². The van der Waals surface area contributed by atoms with E-state index in [0.717, 1.165) is 0 Å². The fourth-order valence-corrected chi connectivity index (χ4v) is 4.80. The Kier molecular flexibility index (Phi) is 7.61. The number of ether oxygens (including phenoxy) is 3. The van der Waals surface area contributed by atoms with Crippen molar-refractivity contribution in [2.45, 2.75) is 6.92 Å². The van der Waals surface area contributed by atoms with Crippen LogP contribution in [0.4, 0.5) is 10.1 Å². The molecule has 8 nitrogen and oxygen atoms in total. The number of aromatic nitrogens is 2. The van der Waals surface area contributed by atoms with E-state index in [1.807, 2.05) is 11.4 Å². The van der Waals surface area contributed by atoms with E-state index in [1.54, 1.807) is 67.8 Å². The third-order valence-electron chi connectivity index (χ3n) is 5.97. The number of carbonyl (C=O) groups excluding carboxylic acids is 2. The highest BCUT2D eigenvalue weighted by molar-refractivity contribution is 7.12. The van der Waals surface area contributed by atoms with Crippen LogP contribution >= 0.6 is 11.3 Å². The average molecular weight is 558 g/mol. The molecule has 0 aliphatic carbocycles. The fraction of sp³-hybridized carbons (Fsp3) is 0.100. The number of nitrogens with one attached hydrogen (secondary N) is 1. The number of rotatable bonds is 8. The van der Waals surface area contributed by atoms with Gasteiger partial charge in [0.05, 0.1) is 30.3 Å². The zero-order chi connectivity index (χ0) is 28.2. The SMILES string of the molecule is COc1ccc(-c2nn(-c3cccc(F)c3)c(OC(C)=O)c2-c2ccc(NC(=O)c3cccs3)cc2)cc1OC. The van der Waals surface area contributed by atoms with Crippen molar-refractivity contribution < 1.29 is 28.2 Å². The molecule has 0 saturated carbocycles. The zero-order valence-corrected chi connectivity index (χ0v) is 22.6. The highest BCUT2D eigenvalue weighted by atomic mass is 32.1. The summed E-state index contributed by atoms with van der Waals surface area (Å²) < 4.78 is 32.2. The van der Waals surface area contributed by atoms with Crippen LogP contribution in [0.1, 0.15) is 16.6 Å². The molecule has 0 aliphatic rings. The van der Waals surface area contributed by atoms with Crippen LogP contribution in [0.2, 0.25) is 0 Å². The molecule has 10 heteroatoms. The van der Waals surface area contributed by atoms with Gasteiger partial charge in [0.25, 0.3) is 5.91 Å². The van der Waals surface area contributed by atoms with E-state index in [-0.39, 0.29) is 11.8 Å². The van der Waals surface area contributed by atoms with Crippen LogP contribution in [-0.4, -0.2) is 35.9 Å². The summed E-state index contributed by atoms with van der Waals surface area (Å²) in [7, 11) is 3.07. The highest BCUT2D eigenvalue weighted by Crippen LogP contribution is 2.43. The standard InChI is InChI=1S/C30H24FN3O5S/c1-18(35)39-30-27(19-9-12-22(13-10-19)32-29(36)26-8-5-15-40-26)28(20-11-14-24(37-2)25(16-20)38-3)33-34(30)23-7-4-6-21(31)17-23/h4-17H,1-3H3,(H,32,36). The Labute approximate surface area is 233 Å². The number of carbonyl (C=O) groups is 2. The van der Waals surface area contributed by atoms with Crippen LogP contribution in [0.15, 0.2) is 84.2 Å². The summed E-state index contributed by atoms with van der Waals surface area (Å²) >= 11 is 1.35. The summed E-state index contributed by atoms with van der Waals surface area (Å²) in [5.74, 6) is -0.138. The van der Waals surface area contributed by atoms with Gasteiger partial charge in [-0.15, -0.1) is 11.3 Å². The van der Waals surface area contributed by atoms with Crippen molar-refractivity contribution in [2.24, 2.45) is 0 Å². The van der Waals surface area contributed by atoms with Crippen molar-refractivity contribution in [1.82, 2.24) is 9.78 Å². The lowest BCUT2D eigenvalue weighted by molar-refractivity contribution is -0.132. The number of hydrogen-bond donors (Lipinski definition) is 1. The van der Waals surface area contributed by atoms with Crippen LogP contribution in [0.3, 0.4) is 0 Å². The van der Waals surface area contributed by atoms with E-state index in [2.05, 4.69) is 5.32 Å². The van der Waals surface area contributed by atoms with Gasteiger partial charge in [0.1, 0.15) is 11.5 Å². The monoisotopic (exact) mass is 557 g/mol. The second-order valence-corrected chi connectivity index (χ2v) is 9.54. The first-order valence-corrected chi connectivity index (χ1v) is 13.0. The molecule has 0 spiro atoms. The molecule has 2 aromatic heterocycles. The topological polar surface area (TPSA) is 91.7 Å². The Bertz CT molecular complexity index is 1680. The normalized spacial score (nSPS) is 10.7. The quantitative estimate of drug-likeness (QED) is 0.216. The van der Waals surface area contributed by atoms with Crippen LogP contribution in [0, 0.1) is 5.82 Å². The van der Waals surface area contributed by atoms with Gasteiger partial charge in [-0.05, 0) is 65.5 Å². The first kappa shape index (κ1) is 26.6. The van der Waals surface area contributed by atoms with E-state index >= 15 is 0 Å². The third-order valence-corrected chi connectivity index (χ3v) is 6.84. The Morgan fingerprint density at radius 2 is 1.65 bits per heavy atom. The van der Waals surface area contributed by atoms with Crippen molar-refractivity contribution in [3.05, 3.63) is 94.9 Å². The molecule has 0 bridgehead atoms. The number of amides is 1. The lowest BCUT2D eigenvalue weighted by atomic mass is 10.0. The summed E-state index contributed by atoms with van der Waals surface area (Å²) in [5, 5.41) is 9.47. The highest BCUT2D eigenvalue weighted by Gasteiger charge is 2.25. The van der Waals surface area contributed by atoms with Crippen molar-refractivity contribution >= 4 is 28.9 Å². The van der Waals surface area contributed by atoms with Crippen LogP contribution < -0.4 is 19.5 Å². The Morgan fingerprint density at radius 1 is 0.900 bits per heavy atom. The number of benzene rings is 3. The van der Waals surface area contributed by atoms with E-state index in [1.165, 1.54) is 42.2 Å². The number of methoxy groups -OCH3 is 2. The first-order chi connectivity index (χ1) is 19.4. The van der Waals surface area contributed by atoms with Crippen molar-refractivity contribution in [3.63, 3.8) is 0 Å². The molecular formula is C30H24FN3O5S. The fourth-order valence-electron chi connectivity index (χ4n) is 4.18. The van der Waals surface area contributed by atoms with Gasteiger partial charge in [-0.1, -0.05) is 24.3 Å². The molecule has 1 N–H and O–H groups in total. The van der Waals surface area contributed by atoms with Gasteiger partial charge in [0.15, 0.2) is 11.5 Å². The number of anilines is 1. The van der Waals surface area contributed by atoms with E-state index in [4.69, 9.17) is 19.3 Å². The maximum Gasteiger partial charge on any atom is 0.309 e. The molecule has 0 atom stereocenters. The average Bonchev–Trinajstić information content (AvgIpc) is 3.62. The van der Waals surface area contributed by atoms with E-state index < -0.39 is 11.8 Å². The van der Waals surface area contributed by atoms with Gasteiger partial charge in [-0.3, -0.25) is 9.59 Å². The summed E-state index contributed by atoms with van der Waals surface area (Å²) in [6.07, 6.45) is 0. The molecule has 3 aromatic carbocycles. The maximum atomic E-state index is 14.2. The lowest BCUT2D eigenvalue weighted by Crippen LogP contribution is -2.10.